The lowest BCUT2D eigenvalue weighted by molar-refractivity contribution is 1.64. The van der Waals surface area contributed by atoms with Crippen molar-refractivity contribution in [3.05, 3.63) is 170 Å². The Labute approximate surface area is 256 Å². The van der Waals surface area contributed by atoms with Crippen LogP contribution in [0.2, 0.25) is 0 Å². The normalized spacial score (nSPS) is 11.6. The van der Waals surface area contributed by atoms with Gasteiger partial charge >= 0.3 is 0 Å². The van der Waals surface area contributed by atoms with Crippen molar-refractivity contribution in [1.82, 2.24) is 0 Å². The first-order valence-electron chi connectivity index (χ1n) is 15.3. The molecule has 0 amide bonds. The van der Waals surface area contributed by atoms with E-state index in [0.717, 1.165) is 0 Å². The van der Waals surface area contributed by atoms with Crippen molar-refractivity contribution < 1.29 is 0 Å². The lowest BCUT2D eigenvalue weighted by Gasteiger charge is -2.19. The highest BCUT2D eigenvalue weighted by molar-refractivity contribution is 6.23. The van der Waals surface area contributed by atoms with Crippen molar-refractivity contribution in [2.45, 2.75) is 0 Å². The molecule has 0 radical (unpaired) electrons. The van der Waals surface area contributed by atoms with E-state index < -0.39 is 0 Å². The summed E-state index contributed by atoms with van der Waals surface area (Å²) in [5, 5.41) is 12.8. The summed E-state index contributed by atoms with van der Waals surface area (Å²) in [5.74, 6) is 0. The van der Waals surface area contributed by atoms with Gasteiger partial charge in [-0.15, -0.1) is 0 Å². The van der Waals surface area contributed by atoms with Gasteiger partial charge < -0.3 is 0 Å². The minimum atomic E-state index is 1.23. The molecular weight excluding hydrogens is 528 g/mol. The SMILES string of the molecule is c1ccc(-c2c3ccccc3c(-c3cccc(-c4c5ccccc5cc5c4ccc4ccccc45)c3)c3ccccc23)cc1. The van der Waals surface area contributed by atoms with Crippen LogP contribution in [-0.4, -0.2) is 0 Å². The van der Waals surface area contributed by atoms with E-state index in [4.69, 9.17) is 0 Å². The Morgan fingerprint density at radius 3 is 1.27 bits per heavy atom. The number of fused-ring (bicyclic) bond motifs is 6. The molecule has 0 atom stereocenters. The number of benzene rings is 9. The third-order valence-corrected chi connectivity index (χ3v) is 9.20. The van der Waals surface area contributed by atoms with Crippen molar-refractivity contribution in [2.75, 3.05) is 0 Å². The third kappa shape index (κ3) is 3.78. The molecular formula is C44H28. The van der Waals surface area contributed by atoms with Crippen LogP contribution in [0, 0.1) is 0 Å². The first-order chi connectivity index (χ1) is 21.8. The molecule has 0 aliphatic rings. The zero-order valence-electron chi connectivity index (χ0n) is 24.2. The standard InChI is InChI=1S/C44H28/c1-2-14-30(15-3-1)42-36-21-8-10-23-38(36)44(39-24-11-9-22-37(39)42)33-18-12-17-32(27-33)43-35-20-7-5-16-31(35)28-41-34-19-6-4-13-29(34)25-26-40(41)43/h1-28H. The van der Waals surface area contributed by atoms with Gasteiger partial charge in [-0.2, -0.15) is 0 Å². The molecule has 9 rings (SSSR count). The van der Waals surface area contributed by atoms with Crippen LogP contribution in [0.25, 0.3) is 87.2 Å². The Balaban J connectivity index is 1.37. The van der Waals surface area contributed by atoms with E-state index in [0.29, 0.717) is 0 Å². The summed E-state index contributed by atoms with van der Waals surface area (Å²) in [6.07, 6.45) is 0. The van der Waals surface area contributed by atoms with Gasteiger partial charge in [0, 0.05) is 0 Å². The maximum Gasteiger partial charge on any atom is -0.00262 e. The quantitative estimate of drug-likeness (QED) is 0.150. The van der Waals surface area contributed by atoms with Crippen LogP contribution in [0.1, 0.15) is 0 Å². The molecule has 9 aromatic carbocycles. The van der Waals surface area contributed by atoms with E-state index in [2.05, 4.69) is 170 Å². The van der Waals surface area contributed by atoms with Gasteiger partial charge in [0.2, 0.25) is 0 Å². The topological polar surface area (TPSA) is 0 Å². The predicted molar refractivity (Wildman–Crippen MR) is 190 cm³/mol. The van der Waals surface area contributed by atoms with Crippen LogP contribution in [0.4, 0.5) is 0 Å². The highest BCUT2D eigenvalue weighted by Gasteiger charge is 2.18. The van der Waals surface area contributed by atoms with Gasteiger partial charge in [0.05, 0.1) is 0 Å². The minimum absolute atomic E-state index is 1.23. The first kappa shape index (κ1) is 24.8. The van der Waals surface area contributed by atoms with E-state index in [-0.39, 0.29) is 0 Å². The Bertz CT molecular complexity index is 2480. The molecule has 9 aromatic rings. The lowest BCUT2D eigenvalue weighted by atomic mass is 9.84. The first-order valence-corrected chi connectivity index (χ1v) is 15.3. The Morgan fingerprint density at radius 2 is 0.636 bits per heavy atom. The molecule has 0 unspecified atom stereocenters. The molecule has 0 saturated heterocycles. The average molecular weight is 557 g/mol. The molecule has 44 heavy (non-hydrogen) atoms. The summed E-state index contributed by atoms with van der Waals surface area (Å²) in [5.41, 5.74) is 7.59. The van der Waals surface area contributed by atoms with Gasteiger partial charge in [-0.1, -0.05) is 158 Å². The molecule has 0 heteroatoms. The van der Waals surface area contributed by atoms with Crippen LogP contribution < -0.4 is 0 Å². The summed E-state index contributed by atoms with van der Waals surface area (Å²) in [7, 11) is 0. The Morgan fingerprint density at radius 1 is 0.205 bits per heavy atom. The van der Waals surface area contributed by atoms with Crippen LogP contribution in [-0.2, 0) is 0 Å². The van der Waals surface area contributed by atoms with Crippen LogP contribution in [0.3, 0.4) is 0 Å². The Hall–Kier alpha value is -5.72. The molecule has 0 fully saturated rings. The molecule has 0 aliphatic carbocycles. The number of hydrogen-bond donors (Lipinski definition) is 0. The Kier molecular flexibility index (Phi) is 5.61. The number of rotatable bonds is 3. The maximum absolute atomic E-state index is 2.41. The van der Waals surface area contributed by atoms with Gasteiger partial charge in [-0.05, 0) is 99.4 Å². The van der Waals surface area contributed by atoms with Crippen molar-refractivity contribution in [3.8, 4) is 33.4 Å². The second-order valence-electron chi connectivity index (χ2n) is 11.6. The van der Waals surface area contributed by atoms with Crippen molar-refractivity contribution in [3.63, 3.8) is 0 Å². The zero-order valence-corrected chi connectivity index (χ0v) is 24.2. The van der Waals surface area contributed by atoms with E-state index in [1.165, 1.54) is 87.2 Å². The van der Waals surface area contributed by atoms with Gasteiger partial charge in [-0.25, -0.2) is 0 Å². The largest absolute Gasteiger partial charge is 0.0622 e. The molecule has 0 bridgehead atoms. The lowest BCUT2D eigenvalue weighted by Crippen LogP contribution is -1.91. The summed E-state index contributed by atoms with van der Waals surface area (Å²) >= 11 is 0. The van der Waals surface area contributed by atoms with Crippen LogP contribution in [0.5, 0.6) is 0 Å². The molecule has 0 saturated carbocycles. The molecule has 204 valence electrons. The summed E-state index contributed by atoms with van der Waals surface area (Å²) in [6.45, 7) is 0. The fourth-order valence-corrected chi connectivity index (χ4v) is 7.32. The molecule has 0 aromatic heterocycles. The maximum atomic E-state index is 2.41. The van der Waals surface area contributed by atoms with Gasteiger partial charge in [0.1, 0.15) is 0 Å². The molecule has 0 aliphatic heterocycles. The molecule has 0 heterocycles. The summed E-state index contributed by atoms with van der Waals surface area (Å²) in [4.78, 5) is 0. The van der Waals surface area contributed by atoms with Gasteiger partial charge in [0.15, 0.2) is 0 Å². The van der Waals surface area contributed by atoms with Gasteiger partial charge in [-0.3, -0.25) is 0 Å². The highest BCUT2D eigenvalue weighted by atomic mass is 14.2. The van der Waals surface area contributed by atoms with Crippen molar-refractivity contribution >= 4 is 53.9 Å². The predicted octanol–water partition coefficient (Wildman–Crippen LogP) is 12.5. The monoisotopic (exact) mass is 556 g/mol. The van der Waals surface area contributed by atoms with Crippen LogP contribution >= 0.6 is 0 Å². The van der Waals surface area contributed by atoms with E-state index >= 15 is 0 Å². The smallest absolute Gasteiger partial charge is 0.00262 e. The second kappa shape index (κ2) is 9.93. The zero-order chi connectivity index (χ0) is 29.0. The summed E-state index contributed by atoms with van der Waals surface area (Å²) in [6, 6.07) is 62.3. The molecule has 0 nitrogen and oxygen atoms in total. The number of hydrogen-bond acceptors (Lipinski definition) is 0. The minimum Gasteiger partial charge on any atom is -0.0622 e. The van der Waals surface area contributed by atoms with E-state index in [1.54, 1.807) is 0 Å². The molecule has 0 spiro atoms. The summed E-state index contributed by atoms with van der Waals surface area (Å²) < 4.78 is 0. The van der Waals surface area contributed by atoms with Crippen molar-refractivity contribution in [1.29, 1.82) is 0 Å². The van der Waals surface area contributed by atoms with E-state index in [9.17, 15) is 0 Å². The fourth-order valence-electron chi connectivity index (χ4n) is 7.32. The van der Waals surface area contributed by atoms with E-state index in [1.807, 2.05) is 0 Å². The molecule has 0 N–H and O–H groups in total. The average Bonchev–Trinajstić information content (AvgIpc) is 3.10. The van der Waals surface area contributed by atoms with Crippen LogP contribution in [0.15, 0.2) is 170 Å². The van der Waals surface area contributed by atoms with Crippen molar-refractivity contribution in [2.24, 2.45) is 0 Å². The fraction of sp³-hybridized carbons (Fsp3) is 0. The second-order valence-corrected chi connectivity index (χ2v) is 11.6. The van der Waals surface area contributed by atoms with Gasteiger partial charge in [0.25, 0.3) is 0 Å². The highest BCUT2D eigenvalue weighted by Crippen LogP contribution is 2.45. The third-order valence-electron chi connectivity index (χ3n) is 9.20.